The van der Waals surface area contributed by atoms with E-state index >= 15 is 0 Å². The largest absolute Gasteiger partial charge is 0.410 e. The molecule has 0 fully saturated rings. The average Bonchev–Trinajstić information content (AvgIpc) is 3.39. The van der Waals surface area contributed by atoms with E-state index in [2.05, 4.69) is 21.8 Å². The summed E-state index contributed by atoms with van der Waals surface area (Å²) in [5.74, 6) is -0.566. The highest BCUT2D eigenvalue weighted by molar-refractivity contribution is 7.16. The van der Waals surface area contributed by atoms with Crippen LogP contribution in [0.25, 0.3) is 0 Å². The van der Waals surface area contributed by atoms with Crippen molar-refractivity contribution in [2.24, 2.45) is 0 Å². The molecule has 2 unspecified atom stereocenters. The van der Waals surface area contributed by atoms with Crippen molar-refractivity contribution in [3.05, 3.63) is 63.7 Å². The number of rotatable bonds is 3. The van der Waals surface area contributed by atoms with Crippen LogP contribution in [-0.4, -0.2) is 21.9 Å². The Morgan fingerprint density at radius 1 is 1.24 bits per heavy atom. The molecule has 0 bridgehead atoms. The minimum atomic E-state index is -4.52. The van der Waals surface area contributed by atoms with Gasteiger partial charge in [0, 0.05) is 11.3 Å². The first-order valence-corrected chi connectivity index (χ1v) is 11.5. The van der Waals surface area contributed by atoms with Crippen LogP contribution in [0, 0.1) is 11.3 Å². The number of nitrogens with zero attached hydrogens (tertiary/aromatic N) is 3. The number of anilines is 2. The van der Waals surface area contributed by atoms with Gasteiger partial charge in [0.1, 0.15) is 22.5 Å². The zero-order valence-electron chi connectivity index (χ0n) is 17.4. The smallest absolute Gasteiger partial charge is 0.363 e. The molecule has 1 amide bonds. The zero-order valence-corrected chi connectivity index (χ0v) is 18.3. The Morgan fingerprint density at radius 3 is 2.73 bits per heavy atom. The van der Waals surface area contributed by atoms with Gasteiger partial charge in [-0.2, -0.15) is 23.5 Å². The lowest BCUT2D eigenvalue weighted by Gasteiger charge is -2.34. The van der Waals surface area contributed by atoms with Crippen molar-refractivity contribution >= 4 is 28.1 Å². The highest BCUT2D eigenvalue weighted by Crippen LogP contribution is 2.44. The molecular weight excluding hydrogens is 451 g/mol. The summed E-state index contributed by atoms with van der Waals surface area (Å²) < 4.78 is 42.5. The van der Waals surface area contributed by atoms with Gasteiger partial charge in [0.2, 0.25) is 0 Å². The summed E-state index contributed by atoms with van der Waals surface area (Å²) in [6.07, 6.45) is 0.0779. The van der Waals surface area contributed by atoms with Gasteiger partial charge in [0.15, 0.2) is 6.04 Å². The molecule has 1 aliphatic carbocycles. The number of aromatic nitrogens is 2. The molecule has 2 N–H and O–H groups in total. The zero-order chi connectivity index (χ0) is 23.2. The fraction of sp³-hybridized carbons (Fsp3) is 0.348. The molecular formula is C23H20F3N5OS. The van der Waals surface area contributed by atoms with Crippen molar-refractivity contribution in [2.45, 2.75) is 50.4 Å². The van der Waals surface area contributed by atoms with Crippen LogP contribution >= 0.6 is 11.3 Å². The van der Waals surface area contributed by atoms with Gasteiger partial charge >= 0.3 is 6.18 Å². The van der Waals surface area contributed by atoms with E-state index in [4.69, 9.17) is 0 Å². The first kappa shape index (κ1) is 21.5. The number of alkyl halides is 3. The van der Waals surface area contributed by atoms with E-state index in [9.17, 15) is 23.2 Å². The van der Waals surface area contributed by atoms with Gasteiger partial charge in [-0.15, -0.1) is 11.3 Å². The van der Waals surface area contributed by atoms with Gasteiger partial charge in [-0.1, -0.05) is 30.3 Å². The van der Waals surface area contributed by atoms with Crippen molar-refractivity contribution in [3.8, 4) is 6.07 Å². The number of thiophene rings is 1. The quantitative estimate of drug-likeness (QED) is 0.520. The van der Waals surface area contributed by atoms with Gasteiger partial charge in [-0.05, 0) is 36.8 Å². The SMILES string of the molecule is N#Cc1c(NC(=O)c2cnn3c2NC(c2ccccc2)CC3C(F)(F)F)sc2c1CCCC2. The van der Waals surface area contributed by atoms with Crippen LogP contribution in [0.4, 0.5) is 24.0 Å². The molecule has 6 nitrogen and oxygen atoms in total. The van der Waals surface area contributed by atoms with E-state index in [1.807, 2.05) is 0 Å². The molecule has 2 atom stereocenters. The minimum Gasteiger partial charge on any atom is -0.363 e. The van der Waals surface area contributed by atoms with Crippen LogP contribution in [-0.2, 0) is 12.8 Å². The highest BCUT2D eigenvalue weighted by Gasteiger charge is 2.47. The van der Waals surface area contributed by atoms with Crippen LogP contribution in [0.1, 0.15) is 63.3 Å². The Bertz CT molecular complexity index is 1240. The number of amides is 1. The van der Waals surface area contributed by atoms with Crippen LogP contribution in [0.15, 0.2) is 36.5 Å². The lowest BCUT2D eigenvalue weighted by Crippen LogP contribution is -2.36. The predicted molar refractivity (Wildman–Crippen MR) is 118 cm³/mol. The molecule has 5 rings (SSSR count). The second-order valence-corrected chi connectivity index (χ2v) is 9.34. The maximum atomic E-state index is 13.9. The summed E-state index contributed by atoms with van der Waals surface area (Å²) in [7, 11) is 0. The second-order valence-electron chi connectivity index (χ2n) is 8.23. The average molecular weight is 472 g/mol. The van der Waals surface area contributed by atoms with Crippen molar-refractivity contribution < 1.29 is 18.0 Å². The number of hydrogen-bond acceptors (Lipinski definition) is 5. The molecule has 33 heavy (non-hydrogen) atoms. The fourth-order valence-corrected chi connectivity index (χ4v) is 5.81. The van der Waals surface area contributed by atoms with E-state index < -0.39 is 24.2 Å². The number of fused-ring (bicyclic) bond motifs is 2. The lowest BCUT2D eigenvalue weighted by atomic mass is 9.96. The summed E-state index contributed by atoms with van der Waals surface area (Å²) in [5, 5.41) is 19.8. The molecule has 0 radical (unpaired) electrons. The molecule has 1 aromatic carbocycles. The molecule has 3 aromatic rings. The summed E-state index contributed by atoms with van der Waals surface area (Å²) in [4.78, 5) is 14.2. The summed E-state index contributed by atoms with van der Waals surface area (Å²) in [5.41, 5.74) is 2.14. The molecule has 10 heteroatoms. The number of hydrogen-bond donors (Lipinski definition) is 2. The lowest BCUT2D eigenvalue weighted by molar-refractivity contribution is -0.173. The van der Waals surface area contributed by atoms with E-state index in [-0.39, 0.29) is 17.8 Å². The Morgan fingerprint density at radius 2 is 2.00 bits per heavy atom. The number of halogens is 3. The number of nitriles is 1. The normalized spacial score (nSPS) is 19.7. The third-order valence-electron chi connectivity index (χ3n) is 6.20. The van der Waals surface area contributed by atoms with Crippen LogP contribution in [0.2, 0.25) is 0 Å². The third kappa shape index (κ3) is 3.86. The van der Waals surface area contributed by atoms with E-state index in [0.29, 0.717) is 16.1 Å². The Hall–Kier alpha value is -3.32. The number of carbonyl (C=O) groups is 1. The summed E-state index contributed by atoms with van der Waals surface area (Å²) >= 11 is 1.37. The van der Waals surface area contributed by atoms with Gasteiger partial charge < -0.3 is 10.6 Å². The number of nitrogens with one attached hydrogen (secondary N) is 2. The monoisotopic (exact) mass is 471 g/mol. The van der Waals surface area contributed by atoms with Gasteiger partial charge in [0.05, 0.1) is 17.8 Å². The summed E-state index contributed by atoms with van der Waals surface area (Å²) in [6, 6.07) is 8.54. The topological polar surface area (TPSA) is 82.7 Å². The minimum absolute atomic E-state index is 0.0140. The maximum Gasteiger partial charge on any atom is 0.410 e. The number of aryl methyl sites for hydroxylation is 1. The Kier molecular flexibility index (Phi) is 5.37. The first-order chi connectivity index (χ1) is 15.9. The Balaban J connectivity index is 1.49. The summed E-state index contributed by atoms with van der Waals surface area (Å²) in [6.45, 7) is 0. The molecule has 2 aromatic heterocycles. The highest BCUT2D eigenvalue weighted by atomic mass is 32.1. The first-order valence-electron chi connectivity index (χ1n) is 10.7. The third-order valence-corrected chi connectivity index (χ3v) is 7.40. The van der Waals surface area contributed by atoms with Crippen molar-refractivity contribution in [2.75, 3.05) is 10.6 Å². The molecule has 0 saturated heterocycles. The molecule has 0 spiro atoms. The number of carbonyl (C=O) groups excluding carboxylic acids is 1. The second kappa shape index (κ2) is 8.23. The molecule has 170 valence electrons. The van der Waals surface area contributed by atoms with Crippen molar-refractivity contribution in [1.29, 1.82) is 5.26 Å². The van der Waals surface area contributed by atoms with Crippen LogP contribution in [0.3, 0.4) is 0 Å². The van der Waals surface area contributed by atoms with Gasteiger partial charge in [-0.3, -0.25) is 4.79 Å². The van der Waals surface area contributed by atoms with E-state index in [0.717, 1.165) is 47.0 Å². The molecule has 0 saturated carbocycles. The fourth-order valence-electron chi connectivity index (χ4n) is 4.58. The van der Waals surface area contributed by atoms with Crippen LogP contribution < -0.4 is 10.6 Å². The van der Waals surface area contributed by atoms with Crippen molar-refractivity contribution in [3.63, 3.8) is 0 Å². The van der Waals surface area contributed by atoms with E-state index in [1.54, 1.807) is 30.3 Å². The van der Waals surface area contributed by atoms with Gasteiger partial charge in [-0.25, -0.2) is 4.68 Å². The van der Waals surface area contributed by atoms with E-state index in [1.165, 1.54) is 11.3 Å². The molecule has 1 aliphatic heterocycles. The predicted octanol–water partition coefficient (Wildman–Crippen LogP) is 5.61. The Labute approximate surface area is 192 Å². The molecule has 3 heterocycles. The standard InChI is InChI=1S/C23H20F3N5OS/c24-23(25,26)19-10-17(13-6-2-1-3-7-13)29-20-16(12-28-31(19)20)21(32)30-22-15(11-27)14-8-4-5-9-18(14)33-22/h1-3,6-7,12,17,19,29H,4-5,8-10H2,(H,30,32). The van der Waals surface area contributed by atoms with Crippen LogP contribution in [0.5, 0.6) is 0 Å². The maximum absolute atomic E-state index is 13.9. The van der Waals surface area contributed by atoms with Gasteiger partial charge in [0.25, 0.3) is 5.91 Å². The number of benzene rings is 1. The van der Waals surface area contributed by atoms with Crippen molar-refractivity contribution in [1.82, 2.24) is 9.78 Å². The molecule has 2 aliphatic rings.